The van der Waals surface area contributed by atoms with E-state index in [-0.39, 0.29) is 12.0 Å². The van der Waals surface area contributed by atoms with E-state index in [0.717, 1.165) is 6.08 Å². The van der Waals surface area contributed by atoms with Crippen molar-refractivity contribution in [3.8, 4) is 0 Å². The number of carboxylic acid groups (broad SMARTS) is 1. The summed E-state index contributed by atoms with van der Waals surface area (Å²) in [6.45, 7) is 0. The molecule has 3 N–H and O–H groups in total. The molecule has 78 valence electrons. The van der Waals surface area contributed by atoms with Gasteiger partial charge in [-0.3, -0.25) is 0 Å². The van der Waals surface area contributed by atoms with Crippen LogP contribution in [0.2, 0.25) is 0 Å². The number of aliphatic carboxylic acids is 1. The van der Waals surface area contributed by atoms with Crippen LogP contribution in [0, 0.1) is 0 Å². The first-order valence-corrected chi connectivity index (χ1v) is 5.11. The van der Waals surface area contributed by atoms with Gasteiger partial charge in [-0.25, -0.2) is 4.79 Å². The van der Waals surface area contributed by atoms with Crippen LogP contribution < -0.4 is 4.89 Å². The van der Waals surface area contributed by atoms with Crippen LogP contribution in [0.4, 0.5) is 0 Å². The molecule has 14 heavy (non-hydrogen) atoms. The van der Waals surface area contributed by atoms with E-state index in [9.17, 15) is 24.5 Å². The standard InChI is InChI=1S/C7H9O6P/c8-4-1-3(7(10)11)2-5(6(4)9)14(12)13/h2,4-6,8-9H,1H2,(H,10,11)/t4-,5-,6+/m1/s1. The lowest BCUT2D eigenvalue weighted by Crippen LogP contribution is -2.40. The largest absolute Gasteiger partial charge is 0.595 e. The van der Waals surface area contributed by atoms with E-state index in [1.54, 1.807) is 0 Å². The minimum Gasteiger partial charge on any atom is -0.595 e. The van der Waals surface area contributed by atoms with Crippen LogP contribution in [0.15, 0.2) is 11.6 Å². The Labute approximate surface area is 80.4 Å². The van der Waals surface area contributed by atoms with Crippen molar-refractivity contribution in [2.45, 2.75) is 24.3 Å². The Morgan fingerprint density at radius 2 is 2.14 bits per heavy atom. The molecule has 1 rings (SSSR count). The summed E-state index contributed by atoms with van der Waals surface area (Å²) in [7, 11) is -2.99. The SMILES string of the molecule is O=C(O)C1=C[C@@H]([P+](=O)[O-])[C@@H](O)[C@H](O)C1. The topological polar surface area (TPSA) is 118 Å². The quantitative estimate of drug-likeness (QED) is 0.492. The van der Waals surface area contributed by atoms with Gasteiger partial charge in [0, 0.05) is 12.0 Å². The lowest BCUT2D eigenvalue weighted by atomic mass is 9.94. The van der Waals surface area contributed by atoms with Crippen LogP contribution in [0.1, 0.15) is 6.42 Å². The van der Waals surface area contributed by atoms with Gasteiger partial charge in [0.05, 0.1) is 6.10 Å². The number of aliphatic hydroxyl groups is 2. The van der Waals surface area contributed by atoms with Gasteiger partial charge in [0.15, 0.2) is 5.66 Å². The van der Waals surface area contributed by atoms with Crippen molar-refractivity contribution >= 4 is 14.0 Å². The third-order valence-electron chi connectivity index (χ3n) is 2.06. The monoisotopic (exact) mass is 220 g/mol. The summed E-state index contributed by atoms with van der Waals surface area (Å²) >= 11 is 0. The smallest absolute Gasteiger partial charge is 0.331 e. The highest BCUT2D eigenvalue weighted by molar-refractivity contribution is 7.37. The van der Waals surface area contributed by atoms with Crippen molar-refractivity contribution in [3.63, 3.8) is 0 Å². The Balaban J connectivity index is 2.97. The third-order valence-corrected chi connectivity index (χ3v) is 3.00. The zero-order valence-electron chi connectivity index (χ0n) is 7.03. The zero-order chi connectivity index (χ0) is 10.9. The van der Waals surface area contributed by atoms with Gasteiger partial charge in [0.25, 0.3) is 0 Å². The Morgan fingerprint density at radius 3 is 2.57 bits per heavy atom. The van der Waals surface area contributed by atoms with Crippen molar-refractivity contribution in [1.82, 2.24) is 0 Å². The number of carboxylic acids is 1. The van der Waals surface area contributed by atoms with Crippen LogP contribution in [0.5, 0.6) is 0 Å². The number of aliphatic hydroxyl groups excluding tert-OH is 2. The maximum Gasteiger partial charge on any atom is 0.331 e. The minimum atomic E-state index is -2.99. The fraction of sp³-hybridized carbons (Fsp3) is 0.571. The van der Waals surface area contributed by atoms with Gasteiger partial charge in [-0.15, -0.1) is 0 Å². The lowest BCUT2D eigenvalue weighted by molar-refractivity contribution is -0.168. The predicted octanol–water partition coefficient (Wildman–Crippen LogP) is -1.41. The highest BCUT2D eigenvalue weighted by Crippen LogP contribution is 2.31. The molecule has 0 spiro atoms. The molecule has 0 saturated heterocycles. The maximum absolute atomic E-state index is 10.6. The van der Waals surface area contributed by atoms with E-state index in [2.05, 4.69) is 0 Å². The maximum atomic E-state index is 10.6. The number of rotatable bonds is 2. The zero-order valence-corrected chi connectivity index (χ0v) is 7.92. The molecule has 0 aromatic carbocycles. The Morgan fingerprint density at radius 1 is 1.57 bits per heavy atom. The molecule has 0 amide bonds. The molecule has 1 aliphatic rings. The average molecular weight is 220 g/mol. The first-order chi connectivity index (χ1) is 6.43. The summed E-state index contributed by atoms with van der Waals surface area (Å²) < 4.78 is 10.6. The molecule has 1 aliphatic carbocycles. The van der Waals surface area contributed by atoms with Crippen LogP contribution in [-0.2, 0) is 9.36 Å². The molecule has 0 aromatic rings. The van der Waals surface area contributed by atoms with Gasteiger partial charge in [-0.1, -0.05) is 4.57 Å². The molecule has 0 radical (unpaired) electrons. The summed E-state index contributed by atoms with van der Waals surface area (Å²) in [6, 6.07) is 0. The molecule has 6 nitrogen and oxygen atoms in total. The molecule has 0 aliphatic heterocycles. The summed E-state index contributed by atoms with van der Waals surface area (Å²) in [5.41, 5.74) is -1.51. The van der Waals surface area contributed by atoms with Gasteiger partial charge in [0.2, 0.25) is 0 Å². The van der Waals surface area contributed by atoms with E-state index in [4.69, 9.17) is 5.11 Å². The average Bonchev–Trinajstić information content (AvgIpc) is 2.08. The molecule has 0 bridgehead atoms. The van der Waals surface area contributed by atoms with E-state index in [1.165, 1.54) is 0 Å². The molecule has 1 unspecified atom stereocenters. The Hall–Kier alpha value is -0.810. The second-order valence-corrected chi connectivity index (χ2v) is 4.20. The van der Waals surface area contributed by atoms with Crippen molar-refractivity contribution in [2.75, 3.05) is 0 Å². The summed E-state index contributed by atoms with van der Waals surface area (Å²) in [5.74, 6) is -1.28. The molecule has 4 atom stereocenters. The molecule has 7 heteroatoms. The second-order valence-electron chi connectivity index (χ2n) is 3.04. The van der Waals surface area contributed by atoms with Gasteiger partial charge < -0.3 is 20.2 Å². The highest BCUT2D eigenvalue weighted by atomic mass is 31.1. The van der Waals surface area contributed by atoms with Gasteiger partial charge >= 0.3 is 14.0 Å². The van der Waals surface area contributed by atoms with E-state index >= 15 is 0 Å². The number of hydrogen-bond acceptors (Lipinski definition) is 5. The fourth-order valence-electron chi connectivity index (χ4n) is 1.29. The molecule has 0 saturated carbocycles. The molecule has 0 fully saturated rings. The van der Waals surface area contributed by atoms with Crippen LogP contribution >= 0.6 is 8.03 Å². The molecule has 0 heterocycles. The van der Waals surface area contributed by atoms with Crippen LogP contribution in [0.3, 0.4) is 0 Å². The summed E-state index contributed by atoms with van der Waals surface area (Å²) in [4.78, 5) is 21.1. The highest BCUT2D eigenvalue weighted by Gasteiger charge is 2.39. The van der Waals surface area contributed by atoms with Crippen molar-refractivity contribution < 1.29 is 29.6 Å². The molecular weight excluding hydrogens is 211 g/mol. The number of hydrogen-bond donors (Lipinski definition) is 3. The summed E-state index contributed by atoms with van der Waals surface area (Å²) in [5, 5.41) is 27.0. The Kier molecular flexibility index (Phi) is 3.34. The molecular formula is C7H9O6P. The van der Waals surface area contributed by atoms with Gasteiger partial charge in [-0.05, 0) is 6.08 Å². The van der Waals surface area contributed by atoms with Crippen molar-refractivity contribution in [3.05, 3.63) is 11.6 Å². The third kappa shape index (κ3) is 2.16. The van der Waals surface area contributed by atoms with Crippen molar-refractivity contribution in [1.29, 1.82) is 0 Å². The van der Waals surface area contributed by atoms with Gasteiger partial charge in [-0.2, -0.15) is 0 Å². The second kappa shape index (κ2) is 4.14. The molecule has 0 aromatic heterocycles. The van der Waals surface area contributed by atoms with E-state index in [0.29, 0.717) is 0 Å². The number of carbonyl (C=O) groups is 1. The van der Waals surface area contributed by atoms with E-state index < -0.39 is 31.9 Å². The predicted molar refractivity (Wildman–Crippen MR) is 43.7 cm³/mol. The first kappa shape index (κ1) is 11.3. The Bertz CT molecular complexity index is 299. The normalized spacial score (nSPS) is 33.5. The minimum absolute atomic E-state index is 0.188. The van der Waals surface area contributed by atoms with E-state index in [1.807, 2.05) is 0 Å². The summed E-state index contributed by atoms with van der Waals surface area (Å²) in [6.07, 6.45) is -2.06. The fourth-order valence-corrected chi connectivity index (χ4v) is 2.04. The lowest BCUT2D eigenvalue weighted by Gasteiger charge is -2.24. The van der Waals surface area contributed by atoms with Crippen LogP contribution in [0.25, 0.3) is 0 Å². The van der Waals surface area contributed by atoms with Gasteiger partial charge in [0.1, 0.15) is 6.10 Å². The van der Waals surface area contributed by atoms with Crippen molar-refractivity contribution in [2.24, 2.45) is 0 Å². The van der Waals surface area contributed by atoms with Crippen LogP contribution in [-0.4, -0.2) is 39.2 Å². The first-order valence-electron chi connectivity index (χ1n) is 3.87.